The molecule has 0 aromatic carbocycles. The van der Waals surface area contributed by atoms with E-state index in [0.29, 0.717) is 6.42 Å². The van der Waals surface area contributed by atoms with E-state index in [9.17, 15) is 14.7 Å². The molecule has 1 aromatic heterocycles. The molecule has 1 saturated carbocycles. The monoisotopic (exact) mass is 293 g/mol. The summed E-state index contributed by atoms with van der Waals surface area (Å²) in [5.41, 5.74) is 1.72. The van der Waals surface area contributed by atoms with E-state index in [1.54, 1.807) is 6.92 Å². The van der Waals surface area contributed by atoms with E-state index in [2.05, 4.69) is 15.5 Å². The van der Waals surface area contributed by atoms with Crippen LogP contribution in [0.4, 0.5) is 0 Å². The van der Waals surface area contributed by atoms with Gasteiger partial charge in [-0.3, -0.25) is 14.7 Å². The molecule has 6 nitrogen and oxygen atoms in total. The molecule has 1 aliphatic carbocycles. The van der Waals surface area contributed by atoms with Gasteiger partial charge in [-0.25, -0.2) is 0 Å². The number of aromatic nitrogens is 2. The smallest absolute Gasteiger partial charge is 0.311 e. The molecule has 116 valence electrons. The quantitative estimate of drug-likeness (QED) is 0.787. The molecule has 1 amide bonds. The van der Waals surface area contributed by atoms with Crippen LogP contribution in [0, 0.1) is 19.3 Å². The third kappa shape index (κ3) is 3.09. The Kier molecular flexibility index (Phi) is 4.34. The molecule has 1 heterocycles. The van der Waals surface area contributed by atoms with Crippen molar-refractivity contribution in [2.24, 2.45) is 5.41 Å². The molecule has 2 unspecified atom stereocenters. The first-order chi connectivity index (χ1) is 9.84. The van der Waals surface area contributed by atoms with Crippen LogP contribution in [0.25, 0.3) is 0 Å². The minimum Gasteiger partial charge on any atom is -0.481 e. The number of rotatable bonds is 4. The lowest BCUT2D eigenvalue weighted by atomic mass is 9.71. The number of aromatic amines is 1. The molecule has 0 radical (unpaired) electrons. The van der Waals surface area contributed by atoms with E-state index < -0.39 is 11.4 Å². The van der Waals surface area contributed by atoms with Gasteiger partial charge in [0.05, 0.1) is 17.5 Å². The first-order valence-electron chi connectivity index (χ1n) is 7.38. The van der Waals surface area contributed by atoms with Crippen LogP contribution in [-0.2, 0) is 16.0 Å². The van der Waals surface area contributed by atoms with Gasteiger partial charge in [-0.1, -0.05) is 12.8 Å². The Balaban J connectivity index is 2.06. The highest BCUT2D eigenvalue weighted by Gasteiger charge is 2.43. The Morgan fingerprint density at radius 2 is 2.14 bits per heavy atom. The fourth-order valence-electron chi connectivity index (χ4n) is 3.06. The number of nitrogens with zero attached hydrogens (tertiary/aromatic N) is 1. The number of aryl methyl sites for hydroxylation is 2. The second-order valence-corrected chi connectivity index (χ2v) is 6.18. The second-order valence-electron chi connectivity index (χ2n) is 6.18. The van der Waals surface area contributed by atoms with Gasteiger partial charge >= 0.3 is 5.97 Å². The highest BCUT2D eigenvalue weighted by atomic mass is 16.4. The minimum absolute atomic E-state index is 0.137. The Morgan fingerprint density at radius 1 is 1.43 bits per heavy atom. The number of hydrogen-bond acceptors (Lipinski definition) is 3. The van der Waals surface area contributed by atoms with Crippen molar-refractivity contribution < 1.29 is 14.7 Å². The molecule has 0 bridgehead atoms. The molecule has 0 saturated heterocycles. The molecule has 2 atom stereocenters. The van der Waals surface area contributed by atoms with Crippen LogP contribution in [-0.4, -0.2) is 33.2 Å². The summed E-state index contributed by atoms with van der Waals surface area (Å²) in [6.07, 6.45) is 3.42. The lowest BCUT2D eigenvalue weighted by Gasteiger charge is -2.38. The molecule has 3 N–H and O–H groups in total. The predicted molar refractivity (Wildman–Crippen MR) is 77.9 cm³/mol. The highest BCUT2D eigenvalue weighted by Crippen LogP contribution is 2.36. The number of amides is 1. The van der Waals surface area contributed by atoms with Crippen LogP contribution >= 0.6 is 0 Å². The summed E-state index contributed by atoms with van der Waals surface area (Å²) < 4.78 is 0. The Morgan fingerprint density at radius 3 is 2.71 bits per heavy atom. The number of hydrogen-bond donors (Lipinski definition) is 3. The van der Waals surface area contributed by atoms with Gasteiger partial charge in [-0.15, -0.1) is 0 Å². The van der Waals surface area contributed by atoms with Crippen molar-refractivity contribution in [3.8, 4) is 0 Å². The van der Waals surface area contributed by atoms with Gasteiger partial charge in [0, 0.05) is 17.3 Å². The molecule has 1 aromatic rings. The second kappa shape index (κ2) is 5.87. The summed E-state index contributed by atoms with van der Waals surface area (Å²) in [6.45, 7) is 5.46. The number of carboxylic acid groups (broad SMARTS) is 1. The van der Waals surface area contributed by atoms with E-state index in [0.717, 1.165) is 36.2 Å². The topological polar surface area (TPSA) is 95.1 Å². The molecule has 1 aliphatic rings. The average Bonchev–Trinajstić information content (AvgIpc) is 2.73. The van der Waals surface area contributed by atoms with Crippen LogP contribution in [0.2, 0.25) is 0 Å². The van der Waals surface area contributed by atoms with Crippen LogP contribution in [0.15, 0.2) is 0 Å². The van der Waals surface area contributed by atoms with Gasteiger partial charge in [0.25, 0.3) is 0 Å². The van der Waals surface area contributed by atoms with Gasteiger partial charge in [-0.05, 0) is 33.6 Å². The first-order valence-corrected chi connectivity index (χ1v) is 7.38. The molecule has 21 heavy (non-hydrogen) atoms. The van der Waals surface area contributed by atoms with Gasteiger partial charge in [0.15, 0.2) is 0 Å². The summed E-state index contributed by atoms with van der Waals surface area (Å²) in [7, 11) is 0. The predicted octanol–water partition coefficient (Wildman–Crippen LogP) is 1.72. The van der Waals surface area contributed by atoms with E-state index in [1.165, 1.54) is 0 Å². The molecular formula is C15H23N3O3. The van der Waals surface area contributed by atoms with E-state index in [1.807, 2.05) is 13.8 Å². The third-order valence-electron chi connectivity index (χ3n) is 4.65. The maximum absolute atomic E-state index is 12.2. The van der Waals surface area contributed by atoms with Crippen molar-refractivity contribution in [3.05, 3.63) is 17.0 Å². The van der Waals surface area contributed by atoms with Crippen LogP contribution < -0.4 is 5.32 Å². The maximum atomic E-state index is 12.2. The summed E-state index contributed by atoms with van der Waals surface area (Å²) >= 11 is 0. The van der Waals surface area contributed by atoms with Crippen LogP contribution in [0.1, 0.15) is 49.6 Å². The number of H-pyrrole nitrogens is 1. The summed E-state index contributed by atoms with van der Waals surface area (Å²) in [6, 6.07) is -0.302. The maximum Gasteiger partial charge on any atom is 0.311 e. The van der Waals surface area contributed by atoms with E-state index in [-0.39, 0.29) is 18.4 Å². The summed E-state index contributed by atoms with van der Waals surface area (Å²) in [5, 5.41) is 19.3. The SMILES string of the molecule is Cc1n[nH]c(C)c1CC(=O)NC1CCCCC1(C)C(=O)O. The summed E-state index contributed by atoms with van der Waals surface area (Å²) in [4.78, 5) is 23.8. The van der Waals surface area contributed by atoms with Gasteiger partial charge in [0.2, 0.25) is 5.91 Å². The van der Waals surface area contributed by atoms with Gasteiger partial charge in [0.1, 0.15) is 0 Å². The molecule has 2 rings (SSSR count). The number of nitrogens with one attached hydrogen (secondary N) is 2. The molecular weight excluding hydrogens is 270 g/mol. The first kappa shape index (κ1) is 15.5. The Labute approximate surface area is 124 Å². The molecule has 0 aliphatic heterocycles. The van der Waals surface area contributed by atoms with Crippen molar-refractivity contribution in [1.29, 1.82) is 0 Å². The lowest BCUT2D eigenvalue weighted by molar-refractivity contribution is -0.152. The van der Waals surface area contributed by atoms with Crippen molar-refractivity contribution in [2.75, 3.05) is 0 Å². The Hall–Kier alpha value is -1.85. The van der Waals surface area contributed by atoms with Crippen molar-refractivity contribution in [1.82, 2.24) is 15.5 Å². The zero-order valence-corrected chi connectivity index (χ0v) is 12.8. The van der Waals surface area contributed by atoms with Crippen molar-refractivity contribution >= 4 is 11.9 Å². The lowest BCUT2D eigenvalue weighted by Crippen LogP contribution is -2.52. The minimum atomic E-state index is -0.867. The standard InChI is InChI=1S/C15H23N3O3/c1-9-11(10(2)18-17-9)8-13(19)16-12-6-4-5-7-15(12,3)14(20)21/h12H,4-8H2,1-3H3,(H,16,19)(H,17,18)(H,20,21). The highest BCUT2D eigenvalue weighted by molar-refractivity contribution is 5.81. The Bertz CT molecular complexity index is 533. The zero-order chi connectivity index (χ0) is 15.6. The third-order valence-corrected chi connectivity index (χ3v) is 4.65. The largest absolute Gasteiger partial charge is 0.481 e. The molecule has 1 fully saturated rings. The number of carbonyl (C=O) groups excluding carboxylic acids is 1. The van der Waals surface area contributed by atoms with Crippen molar-refractivity contribution in [2.45, 2.75) is 58.9 Å². The number of aliphatic carboxylic acids is 1. The average molecular weight is 293 g/mol. The molecule has 0 spiro atoms. The van der Waals surface area contributed by atoms with E-state index >= 15 is 0 Å². The molecule has 6 heteroatoms. The summed E-state index contributed by atoms with van der Waals surface area (Å²) in [5.74, 6) is -0.967. The fraction of sp³-hybridized carbons (Fsp3) is 0.667. The van der Waals surface area contributed by atoms with Gasteiger partial charge in [-0.2, -0.15) is 5.10 Å². The zero-order valence-electron chi connectivity index (χ0n) is 12.8. The normalized spacial score (nSPS) is 25.6. The van der Waals surface area contributed by atoms with Crippen molar-refractivity contribution in [3.63, 3.8) is 0 Å². The number of carbonyl (C=O) groups is 2. The van der Waals surface area contributed by atoms with Crippen LogP contribution in [0.3, 0.4) is 0 Å². The number of carboxylic acids is 1. The van der Waals surface area contributed by atoms with Gasteiger partial charge < -0.3 is 10.4 Å². The van der Waals surface area contributed by atoms with Crippen LogP contribution in [0.5, 0.6) is 0 Å². The van der Waals surface area contributed by atoms with E-state index in [4.69, 9.17) is 0 Å². The fourth-order valence-corrected chi connectivity index (χ4v) is 3.06.